The van der Waals surface area contributed by atoms with Crippen LogP contribution in [0, 0.1) is 0 Å². The quantitative estimate of drug-likeness (QED) is 0.312. The van der Waals surface area contributed by atoms with Crippen LogP contribution < -0.4 is 20.1 Å². The highest BCUT2D eigenvalue weighted by Gasteiger charge is 2.30. The third-order valence-electron chi connectivity index (χ3n) is 5.69. The van der Waals surface area contributed by atoms with E-state index in [9.17, 15) is 0 Å². The number of carbonyl (C=O) groups excluding carboxylic acids is 1. The fourth-order valence-electron chi connectivity index (χ4n) is 3.98. The minimum absolute atomic E-state index is 0.524. The highest BCUT2D eigenvalue weighted by Crippen LogP contribution is 2.27. The normalized spacial score (nSPS) is 12.3. The molecule has 0 radical (unpaired) electrons. The summed E-state index contributed by atoms with van der Waals surface area (Å²) in [6.45, 7) is 1.53. The Hall–Kier alpha value is -4.43. The van der Waals surface area contributed by atoms with E-state index in [4.69, 9.17) is 37.0 Å². The molecule has 0 saturated carbocycles. The second-order valence-corrected chi connectivity index (χ2v) is 8.73. The van der Waals surface area contributed by atoms with Crippen LogP contribution in [0.1, 0.15) is 23.7 Å². The zero-order valence-corrected chi connectivity index (χ0v) is 21.2. The Bertz CT molecular complexity index is 1450. The zero-order chi connectivity index (χ0) is 26.4. The molecule has 0 fully saturated rings. The molecule has 188 valence electrons. The molecule has 0 atom stereocenters. The molecule has 4 aromatic rings. The van der Waals surface area contributed by atoms with Gasteiger partial charge in [-0.1, -0.05) is 29.8 Å². The minimum Gasteiger partial charge on any atom is -0.550 e. The fourth-order valence-corrected chi connectivity index (χ4v) is 4.10. The summed E-state index contributed by atoms with van der Waals surface area (Å²) in [5.74, 6) is 0.266. The Kier molecular flexibility index (Phi) is 8.00. The summed E-state index contributed by atoms with van der Waals surface area (Å²) in [4.78, 5) is 13.6. The number of fused-ring (bicyclic) bond motifs is 1. The van der Waals surface area contributed by atoms with Crippen LogP contribution in [0.2, 0.25) is 5.02 Å². The summed E-state index contributed by atoms with van der Waals surface area (Å²) in [6, 6.07) is 21.9. The van der Waals surface area contributed by atoms with Crippen molar-refractivity contribution in [3.05, 3.63) is 107 Å². The Morgan fingerprint density at radius 1 is 1.19 bits per heavy atom. The van der Waals surface area contributed by atoms with Crippen molar-refractivity contribution < 1.29 is 19.2 Å². The van der Waals surface area contributed by atoms with E-state index in [-0.39, 0.29) is 0 Å². The number of methoxy groups -OCH3 is 1. The number of aromatic nitrogens is 3. The van der Waals surface area contributed by atoms with Gasteiger partial charge in [0.25, 0.3) is 0 Å². The number of nitrogen functional groups attached to an aromatic ring is 1. The second-order valence-electron chi connectivity index (χ2n) is 8.29. The van der Waals surface area contributed by atoms with Gasteiger partial charge >= 0.3 is 0 Å². The molecule has 8 nitrogen and oxygen atoms in total. The SMILES string of the molecule is CC(=O)[O-].COc1ccc(C2=C(C=Nc3cnn(Cc4ccc(Cl)cc4)c3N)Cc3cccc[n+]32)cc1. The van der Waals surface area contributed by atoms with Gasteiger partial charge in [0.1, 0.15) is 17.3 Å². The number of aliphatic carboxylic acids is 1. The molecule has 2 aromatic heterocycles. The number of rotatable bonds is 6. The Balaban J connectivity index is 0.000000747. The van der Waals surface area contributed by atoms with Gasteiger partial charge in [-0.3, -0.25) is 4.99 Å². The van der Waals surface area contributed by atoms with Crippen molar-refractivity contribution in [3.63, 3.8) is 0 Å². The van der Waals surface area contributed by atoms with Crippen LogP contribution >= 0.6 is 11.6 Å². The highest BCUT2D eigenvalue weighted by atomic mass is 35.5. The van der Waals surface area contributed by atoms with Gasteiger partial charge < -0.3 is 20.4 Å². The van der Waals surface area contributed by atoms with Crippen LogP contribution in [0.15, 0.2) is 89.7 Å². The average Bonchev–Trinajstić information content (AvgIpc) is 3.43. The van der Waals surface area contributed by atoms with Crippen molar-refractivity contribution in [3.8, 4) is 5.75 Å². The van der Waals surface area contributed by atoms with E-state index >= 15 is 0 Å². The molecule has 9 heteroatoms. The zero-order valence-electron chi connectivity index (χ0n) is 20.5. The number of carbonyl (C=O) groups is 1. The predicted molar refractivity (Wildman–Crippen MR) is 142 cm³/mol. The number of aliphatic imine (C=N–C) groups is 1. The number of allylic oxidation sites excluding steroid dienone is 1. The third-order valence-corrected chi connectivity index (χ3v) is 5.94. The number of anilines is 1. The fraction of sp³-hybridized carbons (Fsp3) is 0.143. The Labute approximate surface area is 219 Å². The van der Waals surface area contributed by atoms with Gasteiger partial charge in [0, 0.05) is 34.9 Å². The van der Waals surface area contributed by atoms with Crippen molar-refractivity contribution in [2.75, 3.05) is 12.8 Å². The van der Waals surface area contributed by atoms with Gasteiger partial charge in [-0.25, -0.2) is 4.68 Å². The van der Waals surface area contributed by atoms with E-state index < -0.39 is 5.97 Å². The molecule has 5 rings (SSSR count). The number of halogens is 1. The maximum atomic E-state index is 8.89. The molecular formula is C28H26ClN5O3. The number of nitrogens with two attached hydrogens (primary N) is 1. The summed E-state index contributed by atoms with van der Waals surface area (Å²) in [5, 5.41) is 14.0. The predicted octanol–water partition coefficient (Wildman–Crippen LogP) is 3.44. The van der Waals surface area contributed by atoms with Crippen LogP contribution in [0.5, 0.6) is 5.75 Å². The standard InChI is InChI=1S/C26H23ClN5O.C2H4O2/c1-33-23-11-7-19(8-12-23)25-20(14-22-4-2-3-13-31(22)25)15-29-24-16-30-32(26(24)28)17-18-5-9-21(27)10-6-18;1-2(3)4/h2-13,15-16H,14,17,28H2,1H3;1H3,(H,3,4)/q+1;/p-1. The van der Waals surface area contributed by atoms with Crippen molar-refractivity contribution >= 4 is 41.0 Å². The molecule has 1 aliphatic heterocycles. The molecule has 0 bridgehead atoms. The molecule has 3 heterocycles. The topological polar surface area (TPSA) is 109 Å². The molecular weight excluding hydrogens is 490 g/mol. The number of nitrogens with zero attached hydrogens (tertiary/aromatic N) is 4. The molecule has 0 amide bonds. The molecule has 0 spiro atoms. The van der Waals surface area contributed by atoms with Gasteiger partial charge in [-0.05, 0) is 48.9 Å². The summed E-state index contributed by atoms with van der Waals surface area (Å²) in [5.41, 5.74) is 12.6. The van der Waals surface area contributed by atoms with Crippen LogP contribution in [0.25, 0.3) is 5.70 Å². The Morgan fingerprint density at radius 2 is 1.89 bits per heavy atom. The number of pyridine rings is 1. The van der Waals surface area contributed by atoms with Gasteiger partial charge in [0.05, 0.1) is 31.8 Å². The van der Waals surface area contributed by atoms with Crippen molar-refractivity contribution in [2.45, 2.75) is 19.9 Å². The number of benzene rings is 2. The first-order chi connectivity index (χ1) is 17.9. The molecule has 0 aliphatic carbocycles. The smallest absolute Gasteiger partial charge is 0.223 e. The van der Waals surface area contributed by atoms with Crippen LogP contribution in [-0.4, -0.2) is 29.1 Å². The van der Waals surface area contributed by atoms with Crippen molar-refractivity contribution in [2.24, 2.45) is 4.99 Å². The van der Waals surface area contributed by atoms with E-state index in [0.717, 1.165) is 41.5 Å². The number of carboxylic acid groups (broad SMARTS) is 1. The number of carboxylic acids is 1. The molecule has 37 heavy (non-hydrogen) atoms. The van der Waals surface area contributed by atoms with Crippen LogP contribution in [-0.2, 0) is 17.8 Å². The van der Waals surface area contributed by atoms with E-state index in [1.54, 1.807) is 18.0 Å². The lowest BCUT2D eigenvalue weighted by molar-refractivity contribution is -0.582. The maximum Gasteiger partial charge on any atom is 0.223 e. The van der Waals surface area contributed by atoms with Gasteiger partial charge in [-0.15, -0.1) is 0 Å². The maximum absolute atomic E-state index is 8.89. The second kappa shape index (κ2) is 11.5. The first-order valence-electron chi connectivity index (χ1n) is 11.5. The first kappa shape index (κ1) is 25.7. The molecule has 0 unspecified atom stereocenters. The van der Waals surface area contributed by atoms with Gasteiger partial charge in [0.2, 0.25) is 5.70 Å². The van der Waals surface area contributed by atoms with E-state index in [1.807, 2.05) is 48.7 Å². The van der Waals surface area contributed by atoms with Gasteiger partial charge in [0.15, 0.2) is 11.9 Å². The first-order valence-corrected chi connectivity index (χ1v) is 11.9. The van der Waals surface area contributed by atoms with E-state index in [2.05, 4.69) is 40.1 Å². The number of hydrogen-bond acceptors (Lipinski definition) is 6. The van der Waals surface area contributed by atoms with Gasteiger partial charge in [-0.2, -0.15) is 9.67 Å². The minimum atomic E-state index is -1.08. The van der Waals surface area contributed by atoms with Crippen LogP contribution in [0.4, 0.5) is 11.5 Å². The Morgan fingerprint density at radius 3 is 2.57 bits per heavy atom. The van der Waals surface area contributed by atoms with E-state index in [1.165, 1.54) is 5.69 Å². The molecule has 0 saturated heterocycles. The number of hydrogen-bond donors (Lipinski definition) is 1. The highest BCUT2D eigenvalue weighted by molar-refractivity contribution is 6.30. The molecule has 1 aliphatic rings. The van der Waals surface area contributed by atoms with E-state index in [0.29, 0.717) is 23.1 Å². The third kappa shape index (κ3) is 6.23. The summed E-state index contributed by atoms with van der Waals surface area (Å²) >= 11 is 5.98. The average molecular weight is 516 g/mol. The monoisotopic (exact) mass is 515 g/mol. The van der Waals surface area contributed by atoms with Crippen LogP contribution in [0.3, 0.4) is 0 Å². The lowest BCUT2D eigenvalue weighted by atomic mass is 10.1. The lowest BCUT2D eigenvalue weighted by Crippen LogP contribution is -2.33. The molecule has 2 N–H and O–H groups in total. The largest absolute Gasteiger partial charge is 0.550 e. The van der Waals surface area contributed by atoms with Crippen molar-refractivity contribution in [1.82, 2.24) is 9.78 Å². The summed E-state index contributed by atoms with van der Waals surface area (Å²) in [7, 11) is 1.67. The number of ether oxygens (including phenoxy) is 1. The summed E-state index contributed by atoms with van der Waals surface area (Å²) < 4.78 is 9.27. The lowest BCUT2D eigenvalue weighted by Gasteiger charge is -2.04. The van der Waals surface area contributed by atoms with Crippen molar-refractivity contribution in [1.29, 1.82) is 0 Å². The summed E-state index contributed by atoms with van der Waals surface area (Å²) in [6.07, 6.45) is 6.45. The molecule has 2 aromatic carbocycles.